The van der Waals surface area contributed by atoms with E-state index in [2.05, 4.69) is 11.9 Å². The second-order valence-electron chi connectivity index (χ2n) is 5.10. The lowest BCUT2D eigenvalue weighted by molar-refractivity contribution is 0.147. The van der Waals surface area contributed by atoms with E-state index < -0.39 is 6.10 Å². The highest BCUT2D eigenvalue weighted by molar-refractivity contribution is 5.19. The molecule has 1 aliphatic rings. The minimum absolute atomic E-state index is 0.494. The molecule has 94 valence electrons. The molecule has 0 aromatic carbocycles. The summed E-state index contributed by atoms with van der Waals surface area (Å²) in [5.41, 5.74) is 0.878. The van der Waals surface area contributed by atoms with Crippen LogP contribution in [0.4, 0.5) is 0 Å². The van der Waals surface area contributed by atoms with Crippen molar-refractivity contribution in [1.29, 1.82) is 0 Å². The molecular weight excluding hydrogens is 226 g/mol. The maximum Gasteiger partial charge on any atom is 0.133 e. The standard InChI is InChI=1S/C15H17NO2/c1-10-8-12(10)14-5-6-15(18-14)13(17)9-11-4-2-3-7-16-11/h2-7,10,12-13,17H,8-9H2,1H3. The van der Waals surface area contributed by atoms with E-state index in [4.69, 9.17) is 4.42 Å². The van der Waals surface area contributed by atoms with E-state index >= 15 is 0 Å². The first kappa shape index (κ1) is 11.5. The van der Waals surface area contributed by atoms with Crippen LogP contribution >= 0.6 is 0 Å². The Hall–Kier alpha value is -1.61. The van der Waals surface area contributed by atoms with Crippen LogP contribution in [0.5, 0.6) is 0 Å². The van der Waals surface area contributed by atoms with Gasteiger partial charge in [-0.05, 0) is 36.6 Å². The van der Waals surface area contributed by atoms with E-state index in [9.17, 15) is 5.11 Å². The van der Waals surface area contributed by atoms with Gasteiger partial charge in [0.15, 0.2) is 0 Å². The number of nitrogens with zero attached hydrogens (tertiary/aromatic N) is 1. The van der Waals surface area contributed by atoms with Gasteiger partial charge < -0.3 is 9.52 Å². The number of hydrogen-bond donors (Lipinski definition) is 1. The zero-order valence-corrected chi connectivity index (χ0v) is 10.4. The van der Waals surface area contributed by atoms with Crippen LogP contribution in [0.3, 0.4) is 0 Å². The Morgan fingerprint density at radius 1 is 1.39 bits per heavy atom. The van der Waals surface area contributed by atoms with E-state index in [-0.39, 0.29) is 0 Å². The maximum absolute atomic E-state index is 10.1. The Bertz CT molecular complexity index is 520. The highest BCUT2D eigenvalue weighted by Gasteiger charge is 2.36. The van der Waals surface area contributed by atoms with Crippen molar-refractivity contribution in [2.24, 2.45) is 5.92 Å². The number of hydrogen-bond acceptors (Lipinski definition) is 3. The van der Waals surface area contributed by atoms with Crippen LogP contribution in [0.15, 0.2) is 40.9 Å². The Labute approximate surface area is 106 Å². The van der Waals surface area contributed by atoms with Gasteiger partial charge in [0, 0.05) is 24.2 Å². The normalized spacial score (nSPS) is 23.9. The molecule has 3 atom stereocenters. The first-order valence-electron chi connectivity index (χ1n) is 6.41. The molecule has 2 aromatic rings. The molecule has 0 spiro atoms. The molecule has 1 fully saturated rings. The van der Waals surface area contributed by atoms with Crippen molar-refractivity contribution in [2.75, 3.05) is 0 Å². The second kappa shape index (κ2) is 4.58. The first-order valence-corrected chi connectivity index (χ1v) is 6.41. The van der Waals surface area contributed by atoms with Crippen molar-refractivity contribution < 1.29 is 9.52 Å². The molecule has 0 bridgehead atoms. The van der Waals surface area contributed by atoms with Gasteiger partial charge in [-0.25, -0.2) is 0 Å². The zero-order valence-electron chi connectivity index (χ0n) is 10.4. The number of aromatic nitrogens is 1. The van der Waals surface area contributed by atoms with Crippen LogP contribution < -0.4 is 0 Å². The lowest BCUT2D eigenvalue weighted by atomic mass is 10.1. The van der Waals surface area contributed by atoms with Crippen molar-refractivity contribution in [3.63, 3.8) is 0 Å². The molecule has 2 heterocycles. The summed E-state index contributed by atoms with van der Waals surface area (Å²) in [6.07, 6.45) is 2.82. The fourth-order valence-electron chi connectivity index (χ4n) is 2.28. The van der Waals surface area contributed by atoms with Crippen LogP contribution in [0.2, 0.25) is 0 Å². The van der Waals surface area contributed by atoms with Crippen molar-refractivity contribution in [2.45, 2.75) is 31.8 Å². The topological polar surface area (TPSA) is 46.3 Å². The summed E-state index contributed by atoms with van der Waals surface area (Å²) in [4.78, 5) is 4.21. The minimum Gasteiger partial charge on any atom is -0.463 e. The zero-order chi connectivity index (χ0) is 12.5. The second-order valence-corrected chi connectivity index (χ2v) is 5.10. The molecular formula is C15H17NO2. The molecule has 3 nitrogen and oxygen atoms in total. The summed E-state index contributed by atoms with van der Waals surface area (Å²) in [5.74, 6) is 2.94. The number of aliphatic hydroxyl groups excluding tert-OH is 1. The van der Waals surface area contributed by atoms with Gasteiger partial charge in [0.1, 0.15) is 17.6 Å². The SMILES string of the molecule is CC1CC1c1ccc(C(O)Cc2ccccn2)o1. The van der Waals surface area contributed by atoms with Crippen molar-refractivity contribution in [1.82, 2.24) is 4.98 Å². The smallest absolute Gasteiger partial charge is 0.133 e. The average Bonchev–Trinajstić information content (AvgIpc) is 2.93. The molecule has 2 aromatic heterocycles. The minimum atomic E-state index is -0.609. The molecule has 3 rings (SSSR count). The lowest BCUT2D eigenvalue weighted by Gasteiger charge is -2.06. The molecule has 18 heavy (non-hydrogen) atoms. The monoisotopic (exact) mass is 243 g/mol. The lowest BCUT2D eigenvalue weighted by Crippen LogP contribution is -2.01. The number of rotatable bonds is 4. The van der Waals surface area contributed by atoms with Gasteiger partial charge >= 0.3 is 0 Å². The highest BCUT2D eigenvalue weighted by atomic mass is 16.4. The number of furan rings is 1. The summed E-state index contributed by atoms with van der Waals surface area (Å²) >= 11 is 0. The van der Waals surface area contributed by atoms with Gasteiger partial charge in [0.05, 0.1) is 0 Å². The molecule has 0 aliphatic heterocycles. The van der Waals surface area contributed by atoms with E-state index in [1.54, 1.807) is 6.20 Å². The van der Waals surface area contributed by atoms with Gasteiger partial charge in [0.25, 0.3) is 0 Å². The highest BCUT2D eigenvalue weighted by Crippen LogP contribution is 2.47. The molecule has 0 saturated heterocycles. The third kappa shape index (κ3) is 2.31. The van der Waals surface area contributed by atoms with Crippen LogP contribution in [-0.2, 0) is 6.42 Å². The number of aliphatic hydroxyl groups is 1. The molecule has 1 N–H and O–H groups in total. The van der Waals surface area contributed by atoms with E-state index in [0.717, 1.165) is 17.4 Å². The van der Waals surface area contributed by atoms with E-state index in [1.165, 1.54) is 6.42 Å². The van der Waals surface area contributed by atoms with Gasteiger partial charge in [-0.15, -0.1) is 0 Å². The van der Waals surface area contributed by atoms with Gasteiger partial charge in [-0.3, -0.25) is 4.98 Å². The predicted octanol–water partition coefficient (Wildman–Crippen LogP) is 3.07. The van der Waals surface area contributed by atoms with Gasteiger partial charge in [-0.2, -0.15) is 0 Å². The van der Waals surface area contributed by atoms with Gasteiger partial charge in [-0.1, -0.05) is 13.0 Å². The molecule has 1 aliphatic carbocycles. The summed E-state index contributed by atoms with van der Waals surface area (Å²) in [5, 5.41) is 10.1. The van der Waals surface area contributed by atoms with Crippen molar-refractivity contribution >= 4 is 0 Å². The maximum atomic E-state index is 10.1. The Balaban J connectivity index is 1.69. The Morgan fingerprint density at radius 2 is 2.22 bits per heavy atom. The first-order chi connectivity index (χ1) is 8.74. The van der Waals surface area contributed by atoms with Gasteiger partial charge in [0.2, 0.25) is 0 Å². The summed E-state index contributed by atoms with van der Waals surface area (Å²) in [6, 6.07) is 9.58. The fourth-order valence-corrected chi connectivity index (χ4v) is 2.28. The van der Waals surface area contributed by atoms with Crippen LogP contribution in [0.25, 0.3) is 0 Å². The largest absolute Gasteiger partial charge is 0.463 e. The summed E-state index contributed by atoms with van der Waals surface area (Å²) in [6.45, 7) is 2.22. The summed E-state index contributed by atoms with van der Waals surface area (Å²) in [7, 11) is 0. The average molecular weight is 243 g/mol. The summed E-state index contributed by atoms with van der Waals surface area (Å²) < 4.78 is 5.73. The van der Waals surface area contributed by atoms with Crippen LogP contribution in [0, 0.1) is 5.92 Å². The fraction of sp³-hybridized carbons (Fsp3) is 0.400. The number of pyridine rings is 1. The third-order valence-electron chi connectivity index (χ3n) is 3.58. The molecule has 3 heteroatoms. The Kier molecular flexibility index (Phi) is 2.92. The van der Waals surface area contributed by atoms with Crippen molar-refractivity contribution in [3.8, 4) is 0 Å². The van der Waals surface area contributed by atoms with Crippen LogP contribution in [0.1, 0.15) is 42.6 Å². The quantitative estimate of drug-likeness (QED) is 0.897. The van der Waals surface area contributed by atoms with E-state index in [1.807, 2.05) is 30.3 Å². The molecule has 3 unspecified atom stereocenters. The van der Waals surface area contributed by atoms with Crippen molar-refractivity contribution in [3.05, 3.63) is 53.7 Å². The third-order valence-corrected chi connectivity index (χ3v) is 3.58. The molecule has 0 amide bonds. The molecule has 0 radical (unpaired) electrons. The Morgan fingerprint density at radius 3 is 2.89 bits per heavy atom. The van der Waals surface area contributed by atoms with Crippen LogP contribution in [-0.4, -0.2) is 10.1 Å². The predicted molar refractivity (Wildman–Crippen MR) is 68.1 cm³/mol. The molecule has 1 saturated carbocycles. The van der Waals surface area contributed by atoms with E-state index in [0.29, 0.717) is 18.1 Å².